The van der Waals surface area contributed by atoms with E-state index in [1.54, 1.807) is 0 Å². The molecule has 4 rings (SSSR count). The standard InChI is InChI=1S/C19H17F6N7O2S/c1-4-35(33,34)17-13(15-26-6-5-12(32(15)30-17)28-9(2)18(20,21)22)16-29-11-7-10(19(23,24)25)8-27-14(11)31(16)3/h5-9,28H,4H2,1-3H3. The lowest BCUT2D eigenvalue weighted by atomic mass is 10.2. The molecule has 4 aromatic rings. The summed E-state index contributed by atoms with van der Waals surface area (Å²) in [5.41, 5.74) is -1.54. The van der Waals surface area contributed by atoms with Crippen LogP contribution in [0.25, 0.3) is 28.2 Å². The molecule has 0 aliphatic rings. The van der Waals surface area contributed by atoms with Crippen molar-refractivity contribution in [3.8, 4) is 11.4 Å². The largest absolute Gasteiger partial charge is 0.417 e. The predicted octanol–water partition coefficient (Wildman–Crippen LogP) is 3.85. The fourth-order valence-electron chi connectivity index (χ4n) is 3.34. The highest BCUT2D eigenvalue weighted by atomic mass is 32.2. The molecule has 0 fully saturated rings. The first kappa shape index (κ1) is 24.7. The minimum atomic E-state index is -4.68. The molecule has 188 valence electrons. The first-order valence-corrected chi connectivity index (χ1v) is 11.6. The summed E-state index contributed by atoms with van der Waals surface area (Å²) in [4.78, 5) is 12.0. The summed E-state index contributed by atoms with van der Waals surface area (Å²) in [6, 6.07) is -0.0649. The number of hydrogen-bond donors (Lipinski definition) is 1. The maximum absolute atomic E-state index is 13.1. The van der Waals surface area contributed by atoms with Gasteiger partial charge in [0.2, 0.25) is 0 Å². The molecule has 0 spiro atoms. The van der Waals surface area contributed by atoms with Crippen LogP contribution in [0.1, 0.15) is 19.4 Å². The fourth-order valence-corrected chi connectivity index (χ4v) is 4.32. The third kappa shape index (κ3) is 4.26. The Balaban J connectivity index is 2.01. The molecule has 4 heterocycles. The molecule has 1 unspecified atom stereocenters. The van der Waals surface area contributed by atoms with Crippen LogP contribution in [-0.2, 0) is 23.1 Å². The first-order valence-electron chi connectivity index (χ1n) is 9.99. The van der Waals surface area contributed by atoms with E-state index in [1.165, 1.54) is 24.6 Å². The number of imidazole rings is 1. The molecular formula is C19H17F6N7O2S. The van der Waals surface area contributed by atoms with Crippen LogP contribution in [0.2, 0.25) is 0 Å². The van der Waals surface area contributed by atoms with Gasteiger partial charge in [0.15, 0.2) is 26.2 Å². The summed E-state index contributed by atoms with van der Waals surface area (Å²) < 4.78 is 107. The molecule has 16 heteroatoms. The van der Waals surface area contributed by atoms with Crippen LogP contribution in [-0.4, -0.2) is 55.5 Å². The van der Waals surface area contributed by atoms with E-state index < -0.39 is 44.6 Å². The van der Waals surface area contributed by atoms with Gasteiger partial charge in [-0.3, -0.25) is 0 Å². The molecule has 1 atom stereocenters. The smallest absolute Gasteiger partial charge is 0.359 e. The van der Waals surface area contributed by atoms with Gasteiger partial charge in [0, 0.05) is 19.4 Å². The van der Waals surface area contributed by atoms with Crippen molar-refractivity contribution in [3.05, 3.63) is 30.1 Å². The second kappa shape index (κ2) is 8.07. The van der Waals surface area contributed by atoms with Crippen LogP contribution < -0.4 is 5.32 Å². The Hall–Kier alpha value is -3.43. The minimum Gasteiger partial charge on any atom is -0.359 e. The summed E-state index contributed by atoms with van der Waals surface area (Å²) in [7, 11) is -2.67. The number of alkyl halides is 6. The van der Waals surface area contributed by atoms with Gasteiger partial charge in [0.05, 0.1) is 11.3 Å². The van der Waals surface area contributed by atoms with Crippen molar-refractivity contribution in [3.63, 3.8) is 0 Å². The third-order valence-corrected chi connectivity index (χ3v) is 6.91. The number of sulfone groups is 1. The Morgan fingerprint density at radius 1 is 1.11 bits per heavy atom. The van der Waals surface area contributed by atoms with E-state index in [1.807, 2.05) is 0 Å². The molecule has 0 aromatic carbocycles. The molecule has 0 saturated heterocycles. The summed E-state index contributed by atoms with van der Waals surface area (Å²) >= 11 is 0. The Labute approximate surface area is 193 Å². The fraction of sp³-hybridized carbons (Fsp3) is 0.368. The van der Waals surface area contributed by atoms with Crippen LogP contribution in [0.5, 0.6) is 0 Å². The Bertz CT molecular complexity index is 1540. The molecule has 0 bridgehead atoms. The van der Waals surface area contributed by atoms with Crippen LogP contribution in [0.15, 0.2) is 29.6 Å². The second-order valence-electron chi connectivity index (χ2n) is 7.62. The zero-order chi connectivity index (χ0) is 25.9. The zero-order valence-corrected chi connectivity index (χ0v) is 19.1. The lowest BCUT2D eigenvalue weighted by molar-refractivity contribution is -0.139. The zero-order valence-electron chi connectivity index (χ0n) is 18.3. The maximum atomic E-state index is 13.1. The van der Waals surface area contributed by atoms with Gasteiger partial charge in [-0.15, -0.1) is 0 Å². The Morgan fingerprint density at radius 3 is 2.40 bits per heavy atom. The van der Waals surface area contributed by atoms with Crippen molar-refractivity contribution in [2.45, 2.75) is 37.3 Å². The van der Waals surface area contributed by atoms with E-state index in [0.717, 1.165) is 23.7 Å². The molecule has 0 amide bonds. The highest BCUT2D eigenvalue weighted by Gasteiger charge is 2.37. The van der Waals surface area contributed by atoms with E-state index >= 15 is 0 Å². The van der Waals surface area contributed by atoms with Gasteiger partial charge >= 0.3 is 12.4 Å². The number of aryl methyl sites for hydroxylation is 1. The number of fused-ring (bicyclic) bond motifs is 2. The molecule has 0 saturated carbocycles. The number of aromatic nitrogens is 6. The quantitative estimate of drug-likeness (QED) is 0.398. The van der Waals surface area contributed by atoms with E-state index in [0.29, 0.717) is 6.20 Å². The average Bonchev–Trinajstić information content (AvgIpc) is 3.31. The van der Waals surface area contributed by atoms with Gasteiger partial charge in [0.1, 0.15) is 28.8 Å². The van der Waals surface area contributed by atoms with Crippen molar-refractivity contribution < 1.29 is 34.8 Å². The van der Waals surface area contributed by atoms with Gasteiger partial charge in [-0.1, -0.05) is 6.92 Å². The minimum absolute atomic E-state index is 0.0205. The van der Waals surface area contributed by atoms with Gasteiger partial charge < -0.3 is 9.88 Å². The van der Waals surface area contributed by atoms with Crippen molar-refractivity contribution in [1.82, 2.24) is 29.1 Å². The molecule has 0 aliphatic heterocycles. The number of nitrogens with zero attached hydrogens (tertiary/aromatic N) is 6. The first-order chi connectivity index (χ1) is 16.1. The van der Waals surface area contributed by atoms with E-state index in [2.05, 4.69) is 25.4 Å². The molecular weight excluding hydrogens is 504 g/mol. The van der Waals surface area contributed by atoms with Gasteiger partial charge in [-0.25, -0.2) is 23.4 Å². The van der Waals surface area contributed by atoms with Crippen LogP contribution in [0.4, 0.5) is 32.2 Å². The van der Waals surface area contributed by atoms with Gasteiger partial charge in [-0.2, -0.15) is 36.0 Å². The summed E-state index contributed by atoms with van der Waals surface area (Å²) in [5.74, 6) is -0.733. The molecule has 1 N–H and O–H groups in total. The number of hydrogen-bond acceptors (Lipinski definition) is 7. The van der Waals surface area contributed by atoms with E-state index in [9.17, 15) is 34.8 Å². The summed E-state index contributed by atoms with van der Waals surface area (Å²) in [6.07, 6.45) is -7.52. The number of halogens is 6. The topological polar surface area (TPSA) is 107 Å². The maximum Gasteiger partial charge on any atom is 0.417 e. The normalized spacial score (nSPS) is 14.1. The Kier molecular flexibility index (Phi) is 5.69. The molecule has 0 aliphatic carbocycles. The van der Waals surface area contributed by atoms with E-state index in [4.69, 9.17) is 0 Å². The third-order valence-electron chi connectivity index (χ3n) is 5.28. The highest BCUT2D eigenvalue weighted by molar-refractivity contribution is 7.91. The average molecular weight is 521 g/mol. The molecule has 4 aromatic heterocycles. The highest BCUT2D eigenvalue weighted by Crippen LogP contribution is 2.35. The van der Waals surface area contributed by atoms with Gasteiger partial charge in [-0.05, 0) is 19.1 Å². The lowest BCUT2D eigenvalue weighted by Gasteiger charge is -2.18. The van der Waals surface area contributed by atoms with Crippen molar-refractivity contribution >= 4 is 32.5 Å². The Morgan fingerprint density at radius 2 is 1.80 bits per heavy atom. The number of pyridine rings is 1. The van der Waals surface area contributed by atoms with Crippen molar-refractivity contribution in [2.75, 3.05) is 11.1 Å². The second-order valence-corrected chi connectivity index (χ2v) is 9.81. The molecule has 9 nitrogen and oxygen atoms in total. The van der Waals surface area contributed by atoms with Gasteiger partial charge in [0.25, 0.3) is 0 Å². The lowest BCUT2D eigenvalue weighted by Crippen LogP contribution is -2.33. The van der Waals surface area contributed by atoms with Crippen molar-refractivity contribution in [2.24, 2.45) is 7.05 Å². The molecule has 0 radical (unpaired) electrons. The SMILES string of the molecule is CCS(=O)(=O)c1nn2c(NC(C)C(F)(F)F)ccnc2c1-c1nc2cc(C(F)(F)F)cnc2n1C. The van der Waals surface area contributed by atoms with E-state index in [-0.39, 0.29) is 34.0 Å². The monoisotopic (exact) mass is 521 g/mol. The number of anilines is 1. The number of rotatable bonds is 5. The predicted molar refractivity (Wildman–Crippen MR) is 112 cm³/mol. The van der Waals surface area contributed by atoms with Crippen molar-refractivity contribution in [1.29, 1.82) is 0 Å². The van der Waals surface area contributed by atoms with Crippen LogP contribution in [0.3, 0.4) is 0 Å². The summed E-state index contributed by atoms with van der Waals surface area (Å²) in [5, 5.41) is 5.71. The van der Waals surface area contributed by atoms with Crippen LogP contribution >= 0.6 is 0 Å². The summed E-state index contributed by atoms with van der Waals surface area (Å²) in [6.45, 7) is 2.21. The van der Waals surface area contributed by atoms with Crippen LogP contribution in [0, 0.1) is 0 Å². The number of nitrogens with one attached hydrogen (secondary N) is 1. The molecule has 35 heavy (non-hydrogen) atoms.